The van der Waals surface area contributed by atoms with Gasteiger partial charge >= 0.3 is 0 Å². The molecule has 1 heterocycles. The summed E-state index contributed by atoms with van der Waals surface area (Å²) >= 11 is 1.78. The Morgan fingerprint density at radius 3 is 2.80 bits per heavy atom. The van der Waals surface area contributed by atoms with Gasteiger partial charge in [-0.15, -0.1) is 11.3 Å². The Labute approximate surface area is 125 Å². The van der Waals surface area contributed by atoms with Crippen molar-refractivity contribution in [1.29, 1.82) is 0 Å². The third-order valence-corrected chi connectivity index (χ3v) is 4.59. The quantitative estimate of drug-likeness (QED) is 0.881. The highest BCUT2D eigenvalue weighted by Gasteiger charge is 2.12. The third kappa shape index (κ3) is 3.81. The summed E-state index contributed by atoms with van der Waals surface area (Å²) in [6, 6.07) is 8.59. The molecule has 0 bridgehead atoms. The number of hydrogen-bond acceptors (Lipinski definition) is 4. The lowest BCUT2D eigenvalue weighted by molar-refractivity contribution is 0.414. The lowest BCUT2D eigenvalue weighted by atomic mass is 10.1. The molecule has 3 nitrogen and oxygen atoms in total. The fraction of sp³-hybridized carbons (Fsp3) is 0.438. The van der Waals surface area contributed by atoms with Crippen molar-refractivity contribution in [1.82, 2.24) is 10.3 Å². The van der Waals surface area contributed by atoms with Crippen LogP contribution in [0, 0.1) is 13.8 Å². The molecule has 2 rings (SSSR count). The number of aromatic nitrogens is 1. The summed E-state index contributed by atoms with van der Waals surface area (Å²) in [6.07, 6.45) is 0.998. The smallest absolute Gasteiger partial charge is 0.119 e. The van der Waals surface area contributed by atoms with Crippen LogP contribution < -0.4 is 10.1 Å². The minimum absolute atomic E-state index is 0.354. The molecule has 0 fully saturated rings. The summed E-state index contributed by atoms with van der Waals surface area (Å²) in [5.41, 5.74) is 2.44. The highest BCUT2D eigenvalue weighted by molar-refractivity contribution is 7.11. The van der Waals surface area contributed by atoms with Crippen LogP contribution >= 0.6 is 11.3 Å². The third-order valence-electron chi connectivity index (χ3n) is 3.33. The van der Waals surface area contributed by atoms with E-state index in [9.17, 15) is 0 Å². The summed E-state index contributed by atoms with van der Waals surface area (Å²) in [6.45, 7) is 7.29. The Balaban J connectivity index is 1.87. The first-order valence-corrected chi connectivity index (χ1v) is 7.72. The fourth-order valence-corrected chi connectivity index (χ4v) is 3.26. The van der Waals surface area contributed by atoms with Crippen LogP contribution in [-0.4, -0.2) is 18.6 Å². The van der Waals surface area contributed by atoms with Crippen molar-refractivity contribution < 1.29 is 4.74 Å². The number of rotatable bonds is 6. The van der Waals surface area contributed by atoms with Crippen molar-refractivity contribution in [2.45, 2.75) is 33.2 Å². The van der Waals surface area contributed by atoms with Gasteiger partial charge < -0.3 is 10.1 Å². The zero-order valence-electron chi connectivity index (χ0n) is 12.6. The molecule has 0 amide bonds. The van der Waals surface area contributed by atoms with Crippen LogP contribution in [0.25, 0.3) is 0 Å². The van der Waals surface area contributed by atoms with Crippen molar-refractivity contribution in [3.63, 3.8) is 0 Å². The Kier molecular flexibility index (Phi) is 5.15. The molecule has 0 aliphatic rings. The lowest BCUT2D eigenvalue weighted by Gasteiger charge is -2.13. The molecule has 0 spiro atoms. The molecule has 1 atom stereocenters. The van der Waals surface area contributed by atoms with E-state index in [1.54, 1.807) is 18.4 Å². The maximum absolute atomic E-state index is 5.24. The van der Waals surface area contributed by atoms with E-state index >= 15 is 0 Å². The maximum atomic E-state index is 5.24. The number of hydrogen-bond donors (Lipinski definition) is 1. The second-order valence-electron chi connectivity index (χ2n) is 4.96. The van der Waals surface area contributed by atoms with Gasteiger partial charge in [-0.1, -0.05) is 12.1 Å². The second kappa shape index (κ2) is 6.86. The summed E-state index contributed by atoms with van der Waals surface area (Å²) in [5, 5.41) is 4.71. The van der Waals surface area contributed by atoms with Crippen molar-refractivity contribution in [3.05, 3.63) is 45.4 Å². The normalized spacial score (nSPS) is 12.4. The molecular formula is C16H22N2OS. The molecular weight excluding hydrogens is 268 g/mol. The van der Waals surface area contributed by atoms with Crippen molar-refractivity contribution in [2.24, 2.45) is 0 Å². The second-order valence-corrected chi connectivity index (χ2v) is 6.19. The van der Waals surface area contributed by atoms with E-state index in [2.05, 4.69) is 43.2 Å². The van der Waals surface area contributed by atoms with E-state index in [1.165, 1.54) is 10.4 Å². The van der Waals surface area contributed by atoms with Crippen LogP contribution in [-0.2, 0) is 6.42 Å². The summed E-state index contributed by atoms with van der Waals surface area (Å²) in [7, 11) is 1.70. The molecule has 0 aliphatic carbocycles. The molecule has 20 heavy (non-hydrogen) atoms. The zero-order chi connectivity index (χ0) is 14.5. The molecule has 0 radical (unpaired) electrons. The maximum Gasteiger partial charge on any atom is 0.119 e. The van der Waals surface area contributed by atoms with Gasteiger partial charge in [0.05, 0.1) is 17.8 Å². The molecule has 1 aromatic carbocycles. The molecule has 0 saturated heterocycles. The van der Waals surface area contributed by atoms with Gasteiger partial charge in [-0.05, 0) is 51.4 Å². The van der Waals surface area contributed by atoms with Gasteiger partial charge in [-0.3, -0.25) is 0 Å². The van der Waals surface area contributed by atoms with Crippen LogP contribution in [0.1, 0.15) is 34.1 Å². The van der Waals surface area contributed by atoms with E-state index in [4.69, 9.17) is 4.74 Å². The largest absolute Gasteiger partial charge is 0.497 e. The van der Waals surface area contributed by atoms with E-state index in [-0.39, 0.29) is 0 Å². The predicted octanol–water partition coefficient (Wildman–Crippen LogP) is 3.66. The Morgan fingerprint density at radius 2 is 2.15 bits per heavy atom. The monoisotopic (exact) mass is 290 g/mol. The SMILES string of the molecule is COc1cccc(CCNC(C)c2sc(C)nc2C)c1. The van der Waals surface area contributed by atoms with Gasteiger partial charge in [-0.2, -0.15) is 0 Å². The molecule has 1 aromatic heterocycles. The van der Waals surface area contributed by atoms with E-state index in [0.717, 1.165) is 29.4 Å². The number of thiazole rings is 1. The minimum atomic E-state index is 0.354. The number of nitrogens with zero attached hydrogens (tertiary/aromatic N) is 1. The molecule has 1 unspecified atom stereocenters. The van der Waals surface area contributed by atoms with Crippen LogP contribution in [0.2, 0.25) is 0 Å². The van der Waals surface area contributed by atoms with Crippen LogP contribution in [0.5, 0.6) is 5.75 Å². The molecule has 0 saturated carbocycles. The van der Waals surface area contributed by atoms with Gasteiger partial charge in [0.15, 0.2) is 0 Å². The van der Waals surface area contributed by atoms with Gasteiger partial charge in [0.1, 0.15) is 5.75 Å². The molecule has 4 heteroatoms. The first kappa shape index (κ1) is 15.0. The van der Waals surface area contributed by atoms with Crippen LogP contribution in [0.3, 0.4) is 0 Å². The van der Waals surface area contributed by atoms with Crippen LogP contribution in [0.4, 0.5) is 0 Å². The van der Waals surface area contributed by atoms with E-state index in [0.29, 0.717) is 6.04 Å². The number of aryl methyl sites for hydroxylation is 2. The first-order chi connectivity index (χ1) is 9.60. The topological polar surface area (TPSA) is 34.1 Å². The highest BCUT2D eigenvalue weighted by atomic mass is 32.1. The predicted molar refractivity (Wildman–Crippen MR) is 84.7 cm³/mol. The Morgan fingerprint density at radius 1 is 1.35 bits per heavy atom. The number of ether oxygens (including phenoxy) is 1. The molecule has 2 aromatic rings. The molecule has 108 valence electrons. The zero-order valence-corrected chi connectivity index (χ0v) is 13.4. The van der Waals surface area contributed by atoms with Gasteiger partial charge in [0, 0.05) is 10.9 Å². The van der Waals surface area contributed by atoms with Gasteiger partial charge in [0.2, 0.25) is 0 Å². The van der Waals surface area contributed by atoms with Crippen molar-refractivity contribution >= 4 is 11.3 Å². The minimum Gasteiger partial charge on any atom is -0.497 e. The Bertz CT molecular complexity index is 565. The number of benzene rings is 1. The molecule has 0 aliphatic heterocycles. The van der Waals surface area contributed by atoms with Crippen molar-refractivity contribution in [3.8, 4) is 5.75 Å². The fourth-order valence-electron chi connectivity index (χ4n) is 2.30. The summed E-state index contributed by atoms with van der Waals surface area (Å²) in [4.78, 5) is 5.82. The van der Waals surface area contributed by atoms with Gasteiger partial charge in [0.25, 0.3) is 0 Å². The summed E-state index contributed by atoms with van der Waals surface area (Å²) < 4.78 is 5.24. The number of nitrogens with one attached hydrogen (secondary N) is 1. The average molecular weight is 290 g/mol. The standard InChI is InChI=1S/C16H22N2OS/c1-11(16-12(2)18-13(3)20-16)17-9-8-14-6-5-7-15(10-14)19-4/h5-7,10-11,17H,8-9H2,1-4H3. The van der Waals surface area contributed by atoms with E-state index < -0.39 is 0 Å². The molecule has 1 N–H and O–H groups in total. The van der Waals surface area contributed by atoms with Gasteiger partial charge in [-0.25, -0.2) is 4.98 Å². The average Bonchev–Trinajstić information content (AvgIpc) is 2.78. The van der Waals surface area contributed by atoms with E-state index in [1.807, 2.05) is 12.1 Å². The van der Waals surface area contributed by atoms with Crippen LogP contribution in [0.15, 0.2) is 24.3 Å². The lowest BCUT2D eigenvalue weighted by Crippen LogP contribution is -2.21. The number of methoxy groups -OCH3 is 1. The first-order valence-electron chi connectivity index (χ1n) is 6.90. The summed E-state index contributed by atoms with van der Waals surface area (Å²) in [5.74, 6) is 0.921. The van der Waals surface area contributed by atoms with Crippen molar-refractivity contribution in [2.75, 3.05) is 13.7 Å². The highest BCUT2D eigenvalue weighted by Crippen LogP contribution is 2.24. The Hall–Kier alpha value is -1.39.